The Balaban J connectivity index is 2.36. The fourth-order valence-corrected chi connectivity index (χ4v) is 2.31. The quantitative estimate of drug-likeness (QED) is 0.828. The van der Waals surface area contributed by atoms with Gasteiger partial charge in [0.15, 0.2) is 0 Å². The van der Waals surface area contributed by atoms with Crippen molar-refractivity contribution >= 4 is 11.6 Å². The Morgan fingerprint density at radius 3 is 2.78 bits per heavy atom. The van der Waals surface area contributed by atoms with E-state index in [1.807, 2.05) is 4.90 Å². The smallest absolute Gasteiger partial charge is 0.248 e. The molecule has 2 rings (SSSR count). The van der Waals surface area contributed by atoms with Crippen LogP contribution in [0.25, 0.3) is 0 Å². The van der Waals surface area contributed by atoms with Crippen molar-refractivity contribution in [2.45, 2.75) is 19.4 Å². The number of primary amides is 1. The molecule has 0 spiro atoms. The molecule has 0 aromatic heterocycles. The van der Waals surface area contributed by atoms with Crippen molar-refractivity contribution in [2.24, 2.45) is 5.73 Å². The summed E-state index contributed by atoms with van der Waals surface area (Å²) >= 11 is 0. The predicted molar refractivity (Wildman–Crippen MR) is 69.2 cm³/mol. The van der Waals surface area contributed by atoms with Gasteiger partial charge in [0.25, 0.3) is 0 Å². The number of hydrogen-bond donors (Lipinski definition) is 2. The van der Waals surface area contributed by atoms with Gasteiger partial charge in [-0.3, -0.25) is 4.79 Å². The standard InChI is InChI=1S/C13H18FN3O/c1-13(2)8-16-5-6-17(13)11-4-3-9(12(15)18)7-10(11)14/h3-4,7,16H,5-6,8H2,1-2H3,(H2,15,18). The van der Waals surface area contributed by atoms with Gasteiger partial charge in [0.05, 0.1) is 5.69 Å². The molecule has 0 aliphatic carbocycles. The van der Waals surface area contributed by atoms with Crippen LogP contribution >= 0.6 is 0 Å². The first-order chi connectivity index (χ1) is 8.42. The van der Waals surface area contributed by atoms with E-state index >= 15 is 0 Å². The zero-order valence-electron chi connectivity index (χ0n) is 10.7. The van der Waals surface area contributed by atoms with Gasteiger partial charge in [-0.2, -0.15) is 0 Å². The Bertz CT molecular complexity index is 473. The summed E-state index contributed by atoms with van der Waals surface area (Å²) < 4.78 is 14.1. The monoisotopic (exact) mass is 251 g/mol. The topological polar surface area (TPSA) is 58.4 Å². The maximum absolute atomic E-state index is 14.1. The van der Waals surface area contributed by atoms with Crippen LogP contribution in [0.15, 0.2) is 18.2 Å². The molecule has 1 aromatic carbocycles. The normalized spacial score (nSPS) is 18.7. The number of nitrogens with zero attached hydrogens (tertiary/aromatic N) is 1. The molecule has 3 N–H and O–H groups in total. The number of piperazine rings is 1. The van der Waals surface area contributed by atoms with E-state index in [2.05, 4.69) is 19.2 Å². The number of halogens is 1. The molecule has 1 heterocycles. The molecule has 1 saturated heterocycles. The molecular weight excluding hydrogens is 233 g/mol. The Kier molecular flexibility index (Phi) is 3.26. The number of amides is 1. The van der Waals surface area contributed by atoms with E-state index < -0.39 is 11.7 Å². The molecule has 0 atom stereocenters. The number of carbonyl (C=O) groups excluding carboxylic acids is 1. The highest BCUT2D eigenvalue weighted by molar-refractivity contribution is 5.93. The lowest BCUT2D eigenvalue weighted by molar-refractivity contribution is 0.1000. The Hall–Kier alpha value is -1.62. The molecule has 4 nitrogen and oxygen atoms in total. The van der Waals surface area contributed by atoms with Crippen molar-refractivity contribution in [3.8, 4) is 0 Å². The van der Waals surface area contributed by atoms with E-state index in [9.17, 15) is 9.18 Å². The second kappa shape index (κ2) is 4.57. The summed E-state index contributed by atoms with van der Waals surface area (Å²) in [6.45, 7) is 6.46. The van der Waals surface area contributed by atoms with Crippen LogP contribution in [0.4, 0.5) is 10.1 Å². The summed E-state index contributed by atoms with van der Waals surface area (Å²) in [6.07, 6.45) is 0. The van der Waals surface area contributed by atoms with Crippen LogP contribution in [0.1, 0.15) is 24.2 Å². The predicted octanol–water partition coefficient (Wildman–Crippen LogP) is 1.11. The van der Waals surface area contributed by atoms with Crippen molar-refractivity contribution in [2.75, 3.05) is 24.5 Å². The maximum atomic E-state index is 14.1. The van der Waals surface area contributed by atoms with Gasteiger partial charge in [-0.05, 0) is 32.0 Å². The average molecular weight is 251 g/mol. The largest absolute Gasteiger partial charge is 0.366 e. The van der Waals surface area contributed by atoms with E-state index in [1.54, 1.807) is 12.1 Å². The van der Waals surface area contributed by atoms with Crippen LogP contribution in [-0.2, 0) is 0 Å². The molecule has 0 unspecified atom stereocenters. The first kappa shape index (κ1) is 12.8. The van der Waals surface area contributed by atoms with Crippen molar-refractivity contribution in [3.05, 3.63) is 29.6 Å². The van der Waals surface area contributed by atoms with Crippen LogP contribution in [0.5, 0.6) is 0 Å². The summed E-state index contributed by atoms with van der Waals surface area (Å²) in [5.74, 6) is -1.01. The molecule has 1 amide bonds. The summed E-state index contributed by atoms with van der Waals surface area (Å²) in [4.78, 5) is 13.0. The fourth-order valence-electron chi connectivity index (χ4n) is 2.31. The molecule has 1 aliphatic rings. The molecule has 5 heteroatoms. The molecular formula is C13H18FN3O. The number of hydrogen-bond acceptors (Lipinski definition) is 3. The van der Waals surface area contributed by atoms with Gasteiger partial charge in [0, 0.05) is 30.7 Å². The molecule has 1 aromatic rings. The van der Waals surface area contributed by atoms with E-state index in [4.69, 9.17) is 5.73 Å². The fraction of sp³-hybridized carbons (Fsp3) is 0.462. The van der Waals surface area contributed by atoms with Crippen LogP contribution < -0.4 is 16.0 Å². The summed E-state index contributed by atoms with van der Waals surface area (Å²) in [6, 6.07) is 4.40. The van der Waals surface area contributed by atoms with Crippen molar-refractivity contribution in [1.82, 2.24) is 5.32 Å². The molecule has 1 aliphatic heterocycles. The third kappa shape index (κ3) is 2.31. The van der Waals surface area contributed by atoms with Gasteiger partial charge in [0.1, 0.15) is 5.82 Å². The van der Waals surface area contributed by atoms with Gasteiger partial charge >= 0.3 is 0 Å². The molecule has 0 saturated carbocycles. The van der Waals surface area contributed by atoms with Crippen LogP contribution in [0.3, 0.4) is 0 Å². The average Bonchev–Trinajstić information content (AvgIpc) is 2.29. The number of benzene rings is 1. The zero-order chi connectivity index (χ0) is 13.3. The highest BCUT2D eigenvalue weighted by Gasteiger charge is 2.31. The Morgan fingerprint density at radius 1 is 1.50 bits per heavy atom. The van der Waals surface area contributed by atoms with Crippen molar-refractivity contribution in [3.63, 3.8) is 0 Å². The van der Waals surface area contributed by atoms with Crippen LogP contribution in [0.2, 0.25) is 0 Å². The third-order valence-corrected chi connectivity index (χ3v) is 3.32. The molecule has 18 heavy (non-hydrogen) atoms. The Morgan fingerprint density at radius 2 is 2.22 bits per heavy atom. The third-order valence-electron chi connectivity index (χ3n) is 3.32. The van der Waals surface area contributed by atoms with Crippen LogP contribution in [0, 0.1) is 5.82 Å². The molecule has 0 bridgehead atoms. The second-order valence-corrected chi connectivity index (χ2v) is 5.17. The minimum atomic E-state index is -0.611. The lowest BCUT2D eigenvalue weighted by Crippen LogP contribution is -2.58. The summed E-state index contributed by atoms with van der Waals surface area (Å²) in [5, 5.41) is 3.29. The number of nitrogens with two attached hydrogens (primary N) is 1. The Labute approximate surface area is 106 Å². The van der Waals surface area contributed by atoms with E-state index in [0.29, 0.717) is 5.69 Å². The molecule has 1 fully saturated rings. The molecule has 98 valence electrons. The van der Waals surface area contributed by atoms with E-state index in [0.717, 1.165) is 19.6 Å². The SMILES string of the molecule is CC1(C)CNCCN1c1ccc(C(N)=O)cc1F. The minimum absolute atomic E-state index is 0.159. The van der Waals surface area contributed by atoms with Gasteiger partial charge in [-0.25, -0.2) is 4.39 Å². The van der Waals surface area contributed by atoms with E-state index in [1.165, 1.54) is 6.07 Å². The lowest BCUT2D eigenvalue weighted by atomic mass is 9.98. The van der Waals surface area contributed by atoms with Gasteiger partial charge < -0.3 is 16.0 Å². The minimum Gasteiger partial charge on any atom is -0.366 e. The highest BCUT2D eigenvalue weighted by atomic mass is 19.1. The van der Waals surface area contributed by atoms with Gasteiger partial charge in [-0.15, -0.1) is 0 Å². The number of carbonyl (C=O) groups is 1. The molecule has 0 radical (unpaired) electrons. The first-order valence-corrected chi connectivity index (χ1v) is 5.99. The van der Waals surface area contributed by atoms with Gasteiger partial charge in [0.2, 0.25) is 5.91 Å². The number of nitrogens with one attached hydrogen (secondary N) is 1. The zero-order valence-corrected chi connectivity index (χ0v) is 10.7. The van der Waals surface area contributed by atoms with Crippen molar-refractivity contribution in [1.29, 1.82) is 0 Å². The first-order valence-electron chi connectivity index (χ1n) is 5.99. The summed E-state index contributed by atoms with van der Waals surface area (Å²) in [7, 11) is 0. The van der Waals surface area contributed by atoms with Gasteiger partial charge in [-0.1, -0.05) is 0 Å². The maximum Gasteiger partial charge on any atom is 0.248 e. The summed E-state index contributed by atoms with van der Waals surface area (Å²) in [5.41, 5.74) is 5.69. The number of rotatable bonds is 2. The number of anilines is 1. The van der Waals surface area contributed by atoms with Crippen LogP contribution in [-0.4, -0.2) is 31.1 Å². The van der Waals surface area contributed by atoms with E-state index in [-0.39, 0.29) is 11.1 Å². The highest BCUT2D eigenvalue weighted by Crippen LogP contribution is 2.28. The lowest BCUT2D eigenvalue weighted by Gasteiger charge is -2.44. The second-order valence-electron chi connectivity index (χ2n) is 5.17. The van der Waals surface area contributed by atoms with Crippen molar-refractivity contribution < 1.29 is 9.18 Å².